The van der Waals surface area contributed by atoms with E-state index in [-0.39, 0.29) is 12.0 Å². The molecule has 0 saturated heterocycles. The molecule has 4 nitrogen and oxygen atoms in total. The predicted molar refractivity (Wildman–Crippen MR) is 85.4 cm³/mol. The van der Waals surface area contributed by atoms with Crippen molar-refractivity contribution < 1.29 is 13.2 Å². The molecule has 0 unspecified atom stereocenters. The summed E-state index contributed by atoms with van der Waals surface area (Å²) in [4.78, 5) is 11.4. The minimum Gasteiger partial charge on any atom is -0.341 e. The smallest absolute Gasteiger partial charge is 0.341 e. The van der Waals surface area contributed by atoms with E-state index in [1.807, 2.05) is 6.07 Å². The molecule has 0 aliphatic heterocycles. The molecule has 0 bridgehead atoms. The molecule has 126 valence electrons. The van der Waals surface area contributed by atoms with Gasteiger partial charge in [0, 0.05) is 12.6 Å². The number of aromatic amines is 1. The zero-order valence-electron chi connectivity index (χ0n) is 13.0. The van der Waals surface area contributed by atoms with Crippen molar-refractivity contribution in [2.75, 3.05) is 0 Å². The van der Waals surface area contributed by atoms with Crippen LogP contribution in [0.5, 0.6) is 0 Å². The van der Waals surface area contributed by atoms with Gasteiger partial charge in [-0.2, -0.15) is 18.4 Å². The zero-order valence-corrected chi connectivity index (χ0v) is 13.0. The molecule has 0 saturated carbocycles. The average Bonchev–Trinajstić information content (AvgIpc) is 3.08. The standard InChI is InChI=1S/C18H13F3N4/c19-18(20,21)14-4-2-1-3-13(14)5-6-17-24-11-16(25-17)15-9-12(10-22)7-8-23-15/h1-4,7-9,11H,5-6H2,(H,24,25). The van der Waals surface area contributed by atoms with Gasteiger partial charge in [0.2, 0.25) is 0 Å². The summed E-state index contributed by atoms with van der Waals surface area (Å²) in [6, 6.07) is 10.8. The fourth-order valence-corrected chi connectivity index (χ4v) is 2.53. The van der Waals surface area contributed by atoms with Crippen LogP contribution in [0, 0.1) is 11.3 Å². The van der Waals surface area contributed by atoms with Gasteiger partial charge >= 0.3 is 6.18 Å². The van der Waals surface area contributed by atoms with Crippen LogP contribution in [0.4, 0.5) is 13.2 Å². The van der Waals surface area contributed by atoms with Crippen molar-refractivity contribution in [3.05, 3.63) is 71.3 Å². The van der Waals surface area contributed by atoms with Gasteiger partial charge in [0.15, 0.2) is 0 Å². The van der Waals surface area contributed by atoms with E-state index in [2.05, 4.69) is 15.0 Å². The highest BCUT2D eigenvalue weighted by atomic mass is 19.4. The van der Waals surface area contributed by atoms with Gasteiger partial charge in [-0.3, -0.25) is 4.98 Å². The van der Waals surface area contributed by atoms with Crippen LogP contribution in [-0.2, 0) is 19.0 Å². The molecule has 0 aliphatic rings. The molecule has 2 aromatic heterocycles. The number of imidazole rings is 1. The van der Waals surface area contributed by atoms with Crippen LogP contribution >= 0.6 is 0 Å². The van der Waals surface area contributed by atoms with Crippen LogP contribution < -0.4 is 0 Å². The number of halogens is 3. The molecule has 0 fully saturated rings. The number of rotatable bonds is 4. The lowest BCUT2D eigenvalue weighted by atomic mass is 10.0. The molecule has 2 heterocycles. The Morgan fingerprint density at radius 1 is 1.08 bits per heavy atom. The fraction of sp³-hybridized carbons (Fsp3) is 0.167. The summed E-state index contributed by atoms with van der Waals surface area (Å²) in [5, 5.41) is 8.92. The predicted octanol–water partition coefficient (Wildman–Crippen LogP) is 4.15. The quantitative estimate of drug-likeness (QED) is 0.775. The van der Waals surface area contributed by atoms with E-state index in [1.165, 1.54) is 18.3 Å². The van der Waals surface area contributed by atoms with Gasteiger partial charge in [0.1, 0.15) is 5.82 Å². The molecule has 3 aromatic rings. The summed E-state index contributed by atoms with van der Waals surface area (Å²) in [6.07, 6.45) is -0.728. The van der Waals surface area contributed by atoms with Gasteiger partial charge in [0.25, 0.3) is 0 Å². The lowest BCUT2D eigenvalue weighted by Gasteiger charge is -2.11. The molecule has 7 heteroatoms. The zero-order chi connectivity index (χ0) is 17.9. The average molecular weight is 342 g/mol. The maximum absolute atomic E-state index is 13.0. The Kier molecular flexibility index (Phi) is 4.52. The Morgan fingerprint density at radius 2 is 1.88 bits per heavy atom. The second kappa shape index (κ2) is 6.77. The van der Waals surface area contributed by atoms with Crippen molar-refractivity contribution in [3.8, 4) is 17.5 Å². The third kappa shape index (κ3) is 3.86. The number of benzene rings is 1. The van der Waals surface area contributed by atoms with E-state index < -0.39 is 11.7 Å². The normalized spacial score (nSPS) is 11.3. The minimum atomic E-state index is -4.37. The summed E-state index contributed by atoms with van der Waals surface area (Å²) >= 11 is 0. The van der Waals surface area contributed by atoms with Gasteiger partial charge < -0.3 is 4.98 Å². The lowest BCUT2D eigenvalue weighted by molar-refractivity contribution is -0.138. The van der Waals surface area contributed by atoms with Gasteiger partial charge in [-0.05, 0) is 30.2 Å². The lowest BCUT2D eigenvalue weighted by Crippen LogP contribution is -2.09. The first-order chi connectivity index (χ1) is 12.0. The highest BCUT2D eigenvalue weighted by Crippen LogP contribution is 2.32. The highest BCUT2D eigenvalue weighted by molar-refractivity contribution is 5.55. The van der Waals surface area contributed by atoms with Crippen molar-refractivity contribution >= 4 is 0 Å². The van der Waals surface area contributed by atoms with E-state index in [9.17, 15) is 13.2 Å². The number of hydrogen-bond donors (Lipinski definition) is 1. The molecule has 0 amide bonds. The Balaban J connectivity index is 1.76. The first kappa shape index (κ1) is 16.7. The number of aryl methyl sites for hydroxylation is 2. The maximum Gasteiger partial charge on any atom is 0.416 e. The van der Waals surface area contributed by atoms with Crippen LogP contribution in [0.3, 0.4) is 0 Å². The molecular weight excluding hydrogens is 329 g/mol. The molecule has 0 radical (unpaired) electrons. The number of nitrogens with one attached hydrogen (secondary N) is 1. The Morgan fingerprint density at radius 3 is 2.64 bits per heavy atom. The second-order valence-electron chi connectivity index (χ2n) is 5.44. The summed E-state index contributed by atoms with van der Waals surface area (Å²) in [6.45, 7) is 0. The largest absolute Gasteiger partial charge is 0.416 e. The van der Waals surface area contributed by atoms with Crippen molar-refractivity contribution in [1.82, 2.24) is 15.0 Å². The Labute approximate surface area is 142 Å². The molecular formula is C18H13F3N4. The number of aromatic nitrogens is 3. The van der Waals surface area contributed by atoms with Crippen molar-refractivity contribution in [2.24, 2.45) is 0 Å². The summed E-state index contributed by atoms with van der Waals surface area (Å²) in [5.41, 5.74) is 1.27. The molecule has 25 heavy (non-hydrogen) atoms. The molecule has 0 spiro atoms. The van der Waals surface area contributed by atoms with Gasteiger partial charge in [-0.15, -0.1) is 0 Å². The Bertz CT molecular complexity index is 922. The number of nitrogens with zero attached hydrogens (tertiary/aromatic N) is 3. The van der Waals surface area contributed by atoms with E-state index >= 15 is 0 Å². The number of H-pyrrole nitrogens is 1. The van der Waals surface area contributed by atoms with Crippen molar-refractivity contribution in [3.63, 3.8) is 0 Å². The number of nitriles is 1. The minimum absolute atomic E-state index is 0.217. The third-order valence-electron chi connectivity index (χ3n) is 3.75. The van der Waals surface area contributed by atoms with Crippen molar-refractivity contribution in [2.45, 2.75) is 19.0 Å². The first-order valence-electron chi connectivity index (χ1n) is 7.53. The number of pyridine rings is 1. The molecule has 0 atom stereocenters. The SMILES string of the molecule is N#Cc1ccnc(-c2cnc(CCc3ccccc3C(F)(F)F)[nH]2)c1. The molecule has 0 aliphatic carbocycles. The van der Waals surface area contributed by atoms with Gasteiger partial charge in [-0.25, -0.2) is 4.98 Å². The third-order valence-corrected chi connectivity index (χ3v) is 3.75. The summed E-state index contributed by atoms with van der Waals surface area (Å²) in [7, 11) is 0. The number of alkyl halides is 3. The van der Waals surface area contributed by atoms with Crippen LogP contribution in [0.2, 0.25) is 0 Å². The number of hydrogen-bond acceptors (Lipinski definition) is 3. The van der Waals surface area contributed by atoms with Crippen molar-refractivity contribution in [1.29, 1.82) is 5.26 Å². The summed E-state index contributed by atoms with van der Waals surface area (Å²) < 4.78 is 39.0. The highest BCUT2D eigenvalue weighted by Gasteiger charge is 2.32. The second-order valence-corrected chi connectivity index (χ2v) is 5.44. The Hall–Kier alpha value is -3.14. The monoisotopic (exact) mass is 342 g/mol. The first-order valence-corrected chi connectivity index (χ1v) is 7.53. The van der Waals surface area contributed by atoms with Crippen LogP contribution in [-0.4, -0.2) is 15.0 Å². The van der Waals surface area contributed by atoms with E-state index in [0.717, 1.165) is 6.07 Å². The molecule has 1 N–H and O–H groups in total. The van der Waals surface area contributed by atoms with Crippen LogP contribution in [0.1, 0.15) is 22.5 Å². The van der Waals surface area contributed by atoms with Gasteiger partial charge in [-0.1, -0.05) is 18.2 Å². The van der Waals surface area contributed by atoms with E-state index in [1.54, 1.807) is 24.4 Å². The van der Waals surface area contributed by atoms with Gasteiger partial charge in [0.05, 0.1) is 34.8 Å². The molecule has 3 rings (SSSR count). The van der Waals surface area contributed by atoms with Crippen LogP contribution in [0.15, 0.2) is 48.8 Å². The summed E-state index contributed by atoms with van der Waals surface area (Å²) in [5.74, 6) is 0.566. The van der Waals surface area contributed by atoms with Crippen LogP contribution in [0.25, 0.3) is 11.4 Å². The van der Waals surface area contributed by atoms with E-state index in [4.69, 9.17) is 5.26 Å². The topological polar surface area (TPSA) is 65.4 Å². The maximum atomic E-state index is 13.0. The molecule has 1 aromatic carbocycles. The fourth-order valence-electron chi connectivity index (χ4n) is 2.53. The van der Waals surface area contributed by atoms with E-state index in [0.29, 0.717) is 29.2 Å².